The molecule has 0 spiro atoms. The van der Waals surface area contributed by atoms with Crippen LogP contribution in [0.3, 0.4) is 0 Å². The van der Waals surface area contributed by atoms with Crippen molar-refractivity contribution in [2.24, 2.45) is 0 Å². The van der Waals surface area contributed by atoms with Crippen LogP contribution in [-0.4, -0.2) is 44.7 Å². The van der Waals surface area contributed by atoms with Crippen LogP contribution in [0.2, 0.25) is 0 Å². The molecule has 0 radical (unpaired) electrons. The first-order chi connectivity index (χ1) is 17.1. The Morgan fingerprint density at radius 2 is 1.89 bits per heavy atom. The summed E-state index contributed by atoms with van der Waals surface area (Å²) in [6, 6.07) is 12.6. The standard InChI is InChI=1S/C25H28N6O5/c1-16-8-13-20(36-16)23-27-29-30(28-23)15-21(32)31(17-9-11-18(34-5)12-10-17)22(19-7-6-14-35-19)24(33)26-25(2,3)4/h6-14,22H,15H2,1-5H3,(H,26,33)/t22-/m0/s1. The molecular formula is C25H28N6O5. The first-order valence-corrected chi connectivity index (χ1v) is 11.3. The summed E-state index contributed by atoms with van der Waals surface area (Å²) < 4.78 is 16.4. The molecule has 0 aliphatic rings. The number of nitrogens with zero attached hydrogens (tertiary/aromatic N) is 5. The summed E-state index contributed by atoms with van der Waals surface area (Å²) in [4.78, 5) is 29.8. The molecule has 4 aromatic rings. The third-order valence-corrected chi connectivity index (χ3v) is 5.13. The minimum Gasteiger partial charge on any atom is -0.497 e. The van der Waals surface area contributed by atoms with E-state index in [9.17, 15) is 9.59 Å². The normalized spacial score (nSPS) is 12.2. The van der Waals surface area contributed by atoms with Gasteiger partial charge in [0.15, 0.2) is 11.8 Å². The lowest BCUT2D eigenvalue weighted by Gasteiger charge is -2.32. The van der Waals surface area contributed by atoms with Crippen LogP contribution < -0.4 is 15.0 Å². The number of carbonyl (C=O) groups is 2. The zero-order chi connectivity index (χ0) is 25.9. The number of amides is 2. The van der Waals surface area contributed by atoms with Crippen molar-refractivity contribution in [1.29, 1.82) is 0 Å². The molecule has 0 aliphatic carbocycles. The van der Waals surface area contributed by atoms with Crippen LogP contribution in [0.5, 0.6) is 5.75 Å². The molecule has 4 rings (SSSR count). The lowest BCUT2D eigenvalue weighted by Crippen LogP contribution is -2.50. The lowest BCUT2D eigenvalue weighted by molar-refractivity contribution is -0.128. The minimum atomic E-state index is -1.09. The van der Waals surface area contributed by atoms with Crippen LogP contribution >= 0.6 is 0 Å². The zero-order valence-electron chi connectivity index (χ0n) is 20.8. The number of furan rings is 2. The van der Waals surface area contributed by atoms with Gasteiger partial charge in [-0.2, -0.15) is 4.80 Å². The van der Waals surface area contributed by atoms with Gasteiger partial charge in [-0.25, -0.2) is 0 Å². The number of aryl methyl sites for hydroxylation is 1. The fourth-order valence-electron chi connectivity index (χ4n) is 3.60. The van der Waals surface area contributed by atoms with E-state index < -0.39 is 23.4 Å². The van der Waals surface area contributed by atoms with E-state index in [2.05, 4.69) is 20.7 Å². The van der Waals surface area contributed by atoms with Crippen molar-refractivity contribution in [1.82, 2.24) is 25.5 Å². The first kappa shape index (κ1) is 24.7. The molecule has 3 aromatic heterocycles. The van der Waals surface area contributed by atoms with Gasteiger partial charge in [-0.05, 0) is 81.4 Å². The molecule has 11 heteroatoms. The van der Waals surface area contributed by atoms with E-state index in [1.54, 1.807) is 55.6 Å². The monoisotopic (exact) mass is 492 g/mol. The van der Waals surface area contributed by atoms with Crippen molar-refractivity contribution < 1.29 is 23.2 Å². The Kier molecular flexibility index (Phi) is 6.91. The molecule has 0 fully saturated rings. The second kappa shape index (κ2) is 10.1. The van der Waals surface area contributed by atoms with Crippen molar-refractivity contribution in [2.45, 2.75) is 45.8 Å². The number of carbonyl (C=O) groups excluding carboxylic acids is 2. The Bertz CT molecular complexity index is 1320. The quantitative estimate of drug-likeness (QED) is 0.396. The number of ether oxygens (including phenoxy) is 1. The van der Waals surface area contributed by atoms with Gasteiger partial charge in [-0.15, -0.1) is 10.2 Å². The number of tetrazole rings is 1. The fraction of sp³-hybridized carbons (Fsp3) is 0.320. The Balaban J connectivity index is 1.71. The van der Waals surface area contributed by atoms with Gasteiger partial charge >= 0.3 is 0 Å². The van der Waals surface area contributed by atoms with Crippen molar-refractivity contribution in [3.63, 3.8) is 0 Å². The number of hydrogen-bond acceptors (Lipinski definition) is 8. The summed E-state index contributed by atoms with van der Waals surface area (Å²) in [7, 11) is 1.55. The number of benzene rings is 1. The molecule has 0 saturated heterocycles. The molecule has 3 heterocycles. The highest BCUT2D eigenvalue weighted by Gasteiger charge is 2.36. The Morgan fingerprint density at radius 3 is 2.47 bits per heavy atom. The van der Waals surface area contributed by atoms with Crippen LogP contribution in [-0.2, 0) is 16.1 Å². The van der Waals surface area contributed by atoms with Crippen LogP contribution in [0.25, 0.3) is 11.6 Å². The molecule has 1 atom stereocenters. The molecule has 1 N–H and O–H groups in total. The largest absolute Gasteiger partial charge is 0.497 e. The predicted molar refractivity (Wildman–Crippen MR) is 130 cm³/mol. The second-order valence-corrected chi connectivity index (χ2v) is 9.17. The highest BCUT2D eigenvalue weighted by molar-refractivity contribution is 6.01. The van der Waals surface area contributed by atoms with Crippen LogP contribution in [0, 0.1) is 6.92 Å². The lowest BCUT2D eigenvalue weighted by atomic mass is 10.1. The summed E-state index contributed by atoms with van der Waals surface area (Å²) in [6.07, 6.45) is 1.46. The van der Waals surface area contributed by atoms with Crippen molar-refractivity contribution in [3.8, 4) is 17.3 Å². The summed E-state index contributed by atoms with van der Waals surface area (Å²) in [5.41, 5.74) is -0.0756. The van der Waals surface area contributed by atoms with Gasteiger partial charge in [0, 0.05) is 11.2 Å². The summed E-state index contributed by atoms with van der Waals surface area (Å²) in [5.74, 6) is 1.45. The number of anilines is 1. The van der Waals surface area contributed by atoms with Gasteiger partial charge in [0.25, 0.3) is 11.8 Å². The van der Waals surface area contributed by atoms with Gasteiger partial charge in [0.1, 0.15) is 23.8 Å². The van der Waals surface area contributed by atoms with E-state index in [0.29, 0.717) is 28.7 Å². The van der Waals surface area contributed by atoms with Gasteiger partial charge in [-0.1, -0.05) is 0 Å². The molecule has 2 amide bonds. The average Bonchev–Trinajstić information content (AvgIpc) is 3.58. The van der Waals surface area contributed by atoms with E-state index in [0.717, 1.165) is 4.80 Å². The van der Waals surface area contributed by atoms with Crippen LogP contribution in [0.15, 0.2) is 63.6 Å². The second-order valence-electron chi connectivity index (χ2n) is 9.17. The number of methoxy groups -OCH3 is 1. The van der Waals surface area contributed by atoms with Crippen molar-refractivity contribution in [2.75, 3.05) is 12.0 Å². The molecular weight excluding hydrogens is 464 g/mol. The van der Waals surface area contributed by atoms with E-state index in [-0.39, 0.29) is 12.4 Å². The summed E-state index contributed by atoms with van der Waals surface area (Å²) >= 11 is 0. The third kappa shape index (κ3) is 5.62. The van der Waals surface area contributed by atoms with Crippen molar-refractivity contribution in [3.05, 3.63) is 66.3 Å². The average molecular weight is 493 g/mol. The number of rotatable bonds is 8. The van der Waals surface area contributed by atoms with E-state index in [1.165, 1.54) is 11.2 Å². The smallest absolute Gasteiger partial charge is 0.251 e. The maximum Gasteiger partial charge on any atom is 0.251 e. The molecule has 0 saturated carbocycles. The summed E-state index contributed by atoms with van der Waals surface area (Å²) in [5, 5.41) is 15.2. The minimum absolute atomic E-state index is 0.250. The Labute approximate surface area is 208 Å². The van der Waals surface area contributed by atoms with Crippen molar-refractivity contribution >= 4 is 17.5 Å². The van der Waals surface area contributed by atoms with Gasteiger partial charge in [0.2, 0.25) is 5.82 Å². The van der Waals surface area contributed by atoms with E-state index >= 15 is 0 Å². The van der Waals surface area contributed by atoms with Gasteiger partial charge < -0.3 is 18.9 Å². The molecule has 0 bridgehead atoms. The molecule has 0 aliphatic heterocycles. The molecule has 1 aromatic carbocycles. The highest BCUT2D eigenvalue weighted by atomic mass is 16.5. The number of hydrogen-bond donors (Lipinski definition) is 1. The molecule has 188 valence electrons. The van der Waals surface area contributed by atoms with E-state index in [1.807, 2.05) is 27.7 Å². The third-order valence-electron chi connectivity index (χ3n) is 5.13. The molecule has 36 heavy (non-hydrogen) atoms. The van der Waals surface area contributed by atoms with Gasteiger partial charge in [0.05, 0.1) is 13.4 Å². The maximum absolute atomic E-state index is 13.7. The predicted octanol–water partition coefficient (Wildman–Crippen LogP) is 3.53. The number of nitrogens with one attached hydrogen (secondary N) is 1. The molecule has 11 nitrogen and oxygen atoms in total. The van der Waals surface area contributed by atoms with E-state index in [4.69, 9.17) is 13.6 Å². The summed E-state index contributed by atoms with van der Waals surface area (Å²) in [6.45, 7) is 7.11. The maximum atomic E-state index is 13.7. The zero-order valence-corrected chi connectivity index (χ0v) is 20.8. The Hall–Kier alpha value is -4.41. The van der Waals surface area contributed by atoms with Gasteiger partial charge in [-0.3, -0.25) is 14.5 Å². The first-order valence-electron chi connectivity index (χ1n) is 11.3. The highest BCUT2D eigenvalue weighted by Crippen LogP contribution is 2.30. The Morgan fingerprint density at radius 1 is 1.14 bits per heavy atom. The van der Waals surface area contributed by atoms with Crippen LogP contribution in [0.1, 0.15) is 38.3 Å². The topological polar surface area (TPSA) is 129 Å². The fourth-order valence-corrected chi connectivity index (χ4v) is 3.60. The molecule has 0 unspecified atom stereocenters. The van der Waals surface area contributed by atoms with Crippen LogP contribution in [0.4, 0.5) is 5.69 Å². The SMILES string of the molecule is COc1ccc(N(C(=O)Cn2nnc(-c3ccc(C)o3)n2)[C@H](C(=O)NC(C)(C)C)c2ccco2)cc1. The number of aromatic nitrogens is 4.